The summed E-state index contributed by atoms with van der Waals surface area (Å²) in [5, 5.41) is 9.93. The van der Waals surface area contributed by atoms with Gasteiger partial charge in [0.2, 0.25) is 0 Å². The highest BCUT2D eigenvalue weighted by Gasteiger charge is 2.12. The van der Waals surface area contributed by atoms with E-state index in [9.17, 15) is 4.79 Å². The minimum Gasteiger partial charge on any atom is -0.476 e. The van der Waals surface area contributed by atoms with Crippen molar-refractivity contribution in [3.63, 3.8) is 0 Å². The van der Waals surface area contributed by atoms with Gasteiger partial charge in [-0.15, -0.1) is 0 Å². The maximum absolute atomic E-state index is 10.9. The summed E-state index contributed by atoms with van der Waals surface area (Å²) in [6.07, 6.45) is 0. The minimum absolute atomic E-state index is 0.0828. The molecule has 0 radical (unpaired) electrons. The number of aromatic nitrogens is 1. The largest absolute Gasteiger partial charge is 0.476 e. The number of benzene rings is 1. The fraction of sp³-hybridized carbons (Fsp3) is 0. The van der Waals surface area contributed by atoms with E-state index in [1.54, 1.807) is 24.3 Å². The van der Waals surface area contributed by atoms with Crippen molar-refractivity contribution in [3.8, 4) is 11.3 Å². The predicted octanol–water partition coefficient (Wildman–Crippen LogP) is 4.41. The lowest BCUT2D eigenvalue weighted by molar-refractivity contribution is 0.0691. The van der Waals surface area contributed by atoms with Crippen LogP contribution >= 0.6 is 34.8 Å². The van der Waals surface area contributed by atoms with Gasteiger partial charge in [-0.3, -0.25) is 0 Å². The quantitative estimate of drug-likeness (QED) is 0.894. The highest BCUT2D eigenvalue weighted by Crippen LogP contribution is 2.27. The normalized spacial score (nSPS) is 10.4. The number of pyridine rings is 1. The molecule has 18 heavy (non-hydrogen) atoms. The van der Waals surface area contributed by atoms with E-state index < -0.39 is 5.97 Å². The molecule has 0 saturated carbocycles. The van der Waals surface area contributed by atoms with Gasteiger partial charge < -0.3 is 5.11 Å². The Labute approximate surface area is 118 Å². The van der Waals surface area contributed by atoms with E-state index in [-0.39, 0.29) is 10.7 Å². The van der Waals surface area contributed by atoms with Crippen LogP contribution < -0.4 is 0 Å². The molecule has 0 spiro atoms. The molecule has 0 saturated heterocycles. The van der Waals surface area contributed by atoms with Gasteiger partial charge >= 0.3 is 5.97 Å². The van der Waals surface area contributed by atoms with E-state index in [1.165, 1.54) is 6.07 Å². The third-order valence-electron chi connectivity index (χ3n) is 2.21. The zero-order valence-electron chi connectivity index (χ0n) is 8.82. The summed E-state index contributed by atoms with van der Waals surface area (Å²) >= 11 is 17.5. The number of carboxylic acid groups (broad SMARTS) is 1. The smallest absolute Gasteiger partial charge is 0.356 e. The number of hydrogen-bond donors (Lipinski definition) is 1. The highest BCUT2D eigenvalue weighted by atomic mass is 35.5. The molecule has 0 aliphatic heterocycles. The second kappa shape index (κ2) is 5.14. The Morgan fingerprint density at radius 3 is 2.22 bits per heavy atom. The third-order valence-corrected chi connectivity index (χ3v) is 2.95. The lowest BCUT2D eigenvalue weighted by atomic mass is 10.1. The Kier molecular flexibility index (Phi) is 3.76. The highest BCUT2D eigenvalue weighted by molar-refractivity contribution is 6.35. The Balaban J connectivity index is 2.57. The van der Waals surface area contributed by atoms with E-state index in [4.69, 9.17) is 39.9 Å². The topological polar surface area (TPSA) is 50.2 Å². The molecule has 3 nitrogen and oxygen atoms in total. The van der Waals surface area contributed by atoms with Gasteiger partial charge in [0.1, 0.15) is 0 Å². The Morgan fingerprint density at radius 1 is 1.06 bits per heavy atom. The number of aromatic carboxylic acids is 1. The number of hydrogen-bond acceptors (Lipinski definition) is 2. The van der Waals surface area contributed by atoms with E-state index in [1.807, 2.05) is 0 Å². The van der Waals surface area contributed by atoms with Crippen LogP contribution in [0.25, 0.3) is 11.3 Å². The molecule has 1 aromatic carbocycles. The summed E-state index contributed by atoms with van der Waals surface area (Å²) in [6, 6.07) is 7.96. The SMILES string of the molecule is O=C(O)c1nc(-c2cc(Cl)cc(Cl)c2)ccc1Cl. The maximum atomic E-state index is 10.9. The summed E-state index contributed by atoms with van der Waals surface area (Å²) in [7, 11) is 0. The fourth-order valence-corrected chi connectivity index (χ4v) is 2.17. The molecular weight excluding hydrogens is 296 g/mol. The van der Waals surface area contributed by atoms with Gasteiger partial charge in [-0.2, -0.15) is 0 Å². The minimum atomic E-state index is -1.19. The monoisotopic (exact) mass is 301 g/mol. The van der Waals surface area contributed by atoms with Gasteiger partial charge in [0.05, 0.1) is 10.7 Å². The Bertz CT molecular complexity index is 608. The average molecular weight is 303 g/mol. The first-order valence-electron chi connectivity index (χ1n) is 4.83. The second-order valence-electron chi connectivity index (χ2n) is 3.49. The molecule has 2 rings (SSSR count). The lowest BCUT2D eigenvalue weighted by Gasteiger charge is -2.05. The molecule has 1 heterocycles. The first-order valence-corrected chi connectivity index (χ1v) is 5.97. The standard InChI is InChI=1S/C12H6Cl3NO2/c13-7-3-6(4-8(14)5-7)10-2-1-9(15)11(16-10)12(17)18/h1-5H,(H,17,18). The average Bonchev–Trinajstić information content (AvgIpc) is 2.27. The summed E-state index contributed by atoms with van der Waals surface area (Å²) in [5.41, 5.74) is 0.873. The Morgan fingerprint density at radius 2 is 1.67 bits per heavy atom. The van der Waals surface area contributed by atoms with Gasteiger partial charge in [-0.05, 0) is 30.3 Å². The number of halogens is 3. The van der Waals surface area contributed by atoms with Crippen LogP contribution in [-0.2, 0) is 0 Å². The molecule has 92 valence electrons. The number of carbonyl (C=O) groups is 1. The fourth-order valence-electron chi connectivity index (χ4n) is 1.45. The van der Waals surface area contributed by atoms with Crippen molar-refractivity contribution in [3.05, 3.63) is 51.1 Å². The van der Waals surface area contributed by atoms with Crippen LogP contribution in [0.1, 0.15) is 10.5 Å². The van der Waals surface area contributed by atoms with Crippen molar-refractivity contribution >= 4 is 40.8 Å². The Hall–Kier alpha value is -1.29. The van der Waals surface area contributed by atoms with Crippen LogP contribution in [0.5, 0.6) is 0 Å². The van der Waals surface area contributed by atoms with Gasteiger partial charge in [-0.25, -0.2) is 9.78 Å². The molecule has 1 aromatic heterocycles. The van der Waals surface area contributed by atoms with Crippen molar-refractivity contribution in [1.29, 1.82) is 0 Å². The van der Waals surface area contributed by atoms with E-state index in [0.717, 1.165) is 0 Å². The van der Waals surface area contributed by atoms with E-state index >= 15 is 0 Å². The van der Waals surface area contributed by atoms with Crippen molar-refractivity contribution in [2.75, 3.05) is 0 Å². The van der Waals surface area contributed by atoms with E-state index in [0.29, 0.717) is 21.3 Å². The van der Waals surface area contributed by atoms with Gasteiger partial charge in [0.15, 0.2) is 5.69 Å². The summed E-state index contributed by atoms with van der Waals surface area (Å²) in [4.78, 5) is 14.9. The van der Waals surface area contributed by atoms with Crippen molar-refractivity contribution < 1.29 is 9.90 Å². The lowest BCUT2D eigenvalue weighted by Crippen LogP contribution is -2.02. The van der Waals surface area contributed by atoms with Crippen molar-refractivity contribution in [1.82, 2.24) is 4.98 Å². The molecule has 0 amide bonds. The number of nitrogens with zero attached hydrogens (tertiary/aromatic N) is 1. The zero-order valence-corrected chi connectivity index (χ0v) is 11.1. The van der Waals surface area contributed by atoms with Crippen molar-refractivity contribution in [2.24, 2.45) is 0 Å². The molecule has 0 unspecified atom stereocenters. The first-order chi connectivity index (χ1) is 8.47. The van der Waals surface area contributed by atoms with Crippen LogP contribution in [0.4, 0.5) is 0 Å². The maximum Gasteiger partial charge on any atom is 0.356 e. The number of carboxylic acids is 1. The van der Waals surface area contributed by atoms with Crippen LogP contribution in [-0.4, -0.2) is 16.1 Å². The predicted molar refractivity (Wildman–Crippen MR) is 71.7 cm³/mol. The molecule has 6 heteroatoms. The van der Waals surface area contributed by atoms with Gasteiger partial charge in [0, 0.05) is 15.6 Å². The molecule has 0 fully saturated rings. The molecule has 0 aliphatic carbocycles. The summed E-state index contributed by atoms with van der Waals surface area (Å²) < 4.78 is 0. The molecule has 0 aliphatic rings. The molecule has 2 aromatic rings. The zero-order chi connectivity index (χ0) is 13.3. The molecule has 0 atom stereocenters. The second-order valence-corrected chi connectivity index (χ2v) is 4.77. The molecular formula is C12H6Cl3NO2. The van der Waals surface area contributed by atoms with Crippen LogP contribution in [0.2, 0.25) is 15.1 Å². The first kappa shape index (κ1) is 13.1. The van der Waals surface area contributed by atoms with Crippen LogP contribution in [0.15, 0.2) is 30.3 Å². The third kappa shape index (κ3) is 2.75. The van der Waals surface area contributed by atoms with Gasteiger partial charge in [-0.1, -0.05) is 34.8 Å². The van der Waals surface area contributed by atoms with E-state index in [2.05, 4.69) is 4.98 Å². The van der Waals surface area contributed by atoms with Gasteiger partial charge in [0.25, 0.3) is 0 Å². The number of rotatable bonds is 2. The van der Waals surface area contributed by atoms with Crippen LogP contribution in [0, 0.1) is 0 Å². The molecule has 0 bridgehead atoms. The molecule has 1 N–H and O–H groups in total. The van der Waals surface area contributed by atoms with Crippen LogP contribution in [0.3, 0.4) is 0 Å². The summed E-state index contributed by atoms with van der Waals surface area (Å²) in [6.45, 7) is 0. The van der Waals surface area contributed by atoms with Crippen molar-refractivity contribution in [2.45, 2.75) is 0 Å². The summed E-state index contributed by atoms with van der Waals surface area (Å²) in [5.74, 6) is -1.19.